The van der Waals surface area contributed by atoms with Gasteiger partial charge in [0.2, 0.25) is 10.0 Å². The fourth-order valence-corrected chi connectivity index (χ4v) is 6.74. The minimum Gasteiger partial charge on any atom is -0.495 e. The van der Waals surface area contributed by atoms with Crippen molar-refractivity contribution in [2.24, 2.45) is 0 Å². The maximum atomic E-state index is 13.5. The molecular weight excluding hydrogens is 420 g/mol. The molecule has 1 amide bonds. The number of anilines is 1. The summed E-state index contributed by atoms with van der Waals surface area (Å²) in [6.07, 6.45) is 2.56. The van der Waals surface area contributed by atoms with E-state index in [1.165, 1.54) is 17.5 Å². The van der Waals surface area contributed by atoms with Crippen molar-refractivity contribution in [3.63, 3.8) is 0 Å². The van der Waals surface area contributed by atoms with E-state index in [1.807, 2.05) is 24.3 Å². The zero-order valence-electron chi connectivity index (χ0n) is 17.2. The number of hydrogen-bond acceptors (Lipinski definition) is 5. The van der Waals surface area contributed by atoms with Crippen LogP contribution in [0.3, 0.4) is 0 Å². The van der Waals surface area contributed by atoms with E-state index in [-0.39, 0.29) is 16.6 Å². The lowest BCUT2D eigenvalue weighted by Gasteiger charge is -2.23. The Labute approximate surface area is 182 Å². The highest BCUT2D eigenvalue weighted by Crippen LogP contribution is 2.38. The summed E-state index contributed by atoms with van der Waals surface area (Å²) in [7, 11) is -2.26. The molecule has 1 fully saturated rings. The van der Waals surface area contributed by atoms with Gasteiger partial charge in [-0.3, -0.25) is 4.79 Å². The molecule has 30 heavy (non-hydrogen) atoms. The van der Waals surface area contributed by atoms with Crippen LogP contribution in [0.15, 0.2) is 52.3 Å². The third-order valence-corrected chi connectivity index (χ3v) is 8.74. The van der Waals surface area contributed by atoms with Gasteiger partial charge in [-0.1, -0.05) is 19.1 Å². The normalized spacial score (nSPS) is 19.9. The molecule has 1 unspecified atom stereocenters. The van der Waals surface area contributed by atoms with Gasteiger partial charge >= 0.3 is 0 Å². The average Bonchev–Trinajstić information content (AvgIpc) is 3.24. The van der Waals surface area contributed by atoms with Gasteiger partial charge in [-0.15, -0.1) is 11.8 Å². The first-order chi connectivity index (χ1) is 14.4. The number of carbonyl (C=O) groups excluding carboxylic acids is 1. The predicted octanol–water partition coefficient (Wildman–Crippen LogP) is 4.01. The number of ether oxygens (including phenoxy) is 1. The Morgan fingerprint density at radius 2 is 1.83 bits per heavy atom. The van der Waals surface area contributed by atoms with Gasteiger partial charge in [-0.2, -0.15) is 4.31 Å². The summed E-state index contributed by atoms with van der Waals surface area (Å²) in [5.74, 6) is 0.0663. The molecule has 0 aromatic heterocycles. The molecular formula is C22H26N2O4S2. The first kappa shape index (κ1) is 21.2. The zero-order valence-corrected chi connectivity index (χ0v) is 18.8. The summed E-state index contributed by atoms with van der Waals surface area (Å²) in [5.41, 5.74) is 1.22. The molecule has 0 bridgehead atoms. The second-order valence-corrected chi connectivity index (χ2v) is 11.0. The van der Waals surface area contributed by atoms with E-state index in [0.29, 0.717) is 30.4 Å². The molecule has 0 N–H and O–H groups in total. The van der Waals surface area contributed by atoms with Crippen molar-refractivity contribution in [2.75, 3.05) is 31.6 Å². The molecule has 0 spiro atoms. The Bertz CT molecular complexity index is 1050. The molecule has 2 aliphatic rings. The molecule has 0 aliphatic carbocycles. The maximum Gasteiger partial charge on any atom is 0.258 e. The van der Waals surface area contributed by atoms with Crippen LogP contribution in [0.1, 0.15) is 36.5 Å². The molecule has 0 saturated carbocycles. The van der Waals surface area contributed by atoms with Gasteiger partial charge in [0.05, 0.1) is 12.8 Å². The van der Waals surface area contributed by atoms with Gasteiger partial charge in [0.1, 0.15) is 10.6 Å². The molecule has 8 heteroatoms. The number of nitrogens with zero attached hydrogens (tertiary/aromatic N) is 2. The van der Waals surface area contributed by atoms with Gasteiger partial charge in [0.15, 0.2) is 0 Å². The summed E-state index contributed by atoms with van der Waals surface area (Å²) in [4.78, 5) is 16.4. The monoisotopic (exact) mass is 446 g/mol. The standard InChI is InChI=1S/C22H26N2O4S2/c1-16-11-14-24(18-7-3-4-8-20(18)29-16)22(25)17-9-10-19(28-2)21(15-17)30(26,27)23-12-5-6-13-23/h3-4,7-10,15-16H,5-6,11-14H2,1-2H3. The predicted molar refractivity (Wildman–Crippen MR) is 119 cm³/mol. The van der Waals surface area contributed by atoms with E-state index in [2.05, 4.69) is 6.92 Å². The number of carbonyl (C=O) groups is 1. The first-order valence-electron chi connectivity index (χ1n) is 10.2. The SMILES string of the molecule is COc1ccc(C(=O)N2CCC(C)Sc3ccccc32)cc1S(=O)(=O)N1CCCC1. The number of thioether (sulfide) groups is 1. The summed E-state index contributed by atoms with van der Waals surface area (Å²) in [5, 5.41) is 0.394. The van der Waals surface area contributed by atoms with Gasteiger partial charge in [-0.25, -0.2) is 8.42 Å². The molecule has 2 aromatic carbocycles. The summed E-state index contributed by atoms with van der Waals surface area (Å²) in [6, 6.07) is 12.6. The van der Waals surface area contributed by atoms with Crippen LogP contribution in [0.25, 0.3) is 0 Å². The second-order valence-electron chi connectivity index (χ2n) is 7.62. The number of fused-ring (bicyclic) bond motifs is 1. The van der Waals surface area contributed by atoms with Crippen molar-refractivity contribution in [1.82, 2.24) is 4.31 Å². The number of hydrogen-bond donors (Lipinski definition) is 0. The van der Waals surface area contributed by atoms with Crippen molar-refractivity contribution in [3.8, 4) is 5.75 Å². The average molecular weight is 447 g/mol. The number of benzene rings is 2. The number of sulfonamides is 1. The topological polar surface area (TPSA) is 66.9 Å². The summed E-state index contributed by atoms with van der Waals surface area (Å²) < 4.78 is 33.2. The number of para-hydroxylation sites is 1. The van der Waals surface area contributed by atoms with Gasteiger partial charge in [0.25, 0.3) is 5.91 Å². The minimum atomic E-state index is -3.71. The van der Waals surface area contributed by atoms with Crippen molar-refractivity contribution in [2.45, 2.75) is 41.2 Å². The van der Waals surface area contributed by atoms with Gasteiger partial charge in [0, 0.05) is 35.3 Å². The lowest BCUT2D eigenvalue weighted by molar-refractivity contribution is 0.0986. The highest BCUT2D eigenvalue weighted by Gasteiger charge is 2.32. The van der Waals surface area contributed by atoms with E-state index in [1.54, 1.807) is 28.8 Å². The van der Waals surface area contributed by atoms with Crippen LogP contribution < -0.4 is 9.64 Å². The van der Waals surface area contributed by atoms with E-state index < -0.39 is 10.0 Å². The lowest BCUT2D eigenvalue weighted by atomic mass is 10.1. The highest BCUT2D eigenvalue weighted by molar-refractivity contribution is 8.00. The molecule has 1 saturated heterocycles. The van der Waals surface area contributed by atoms with Crippen molar-refractivity contribution >= 4 is 33.4 Å². The van der Waals surface area contributed by atoms with Crippen LogP contribution in [-0.2, 0) is 10.0 Å². The second kappa shape index (κ2) is 8.61. The fourth-order valence-electron chi connectivity index (χ4n) is 3.93. The Morgan fingerprint density at radius 1 is 1.10 bits per heavy atom. The van der Waals surface area contributed by atoms with Crippen LogP contribution in [0.2, 0.25) is 0 Å². The number of methoxy groups -OCH3 is 1. The third kappa shape index (κ3) is 3.96. The van der Waals surface area contributed by atoms with Crippen LogP contribution in [0.4, 0.5) is 5.69 Å². The van der Waals surface area contributed by atoms with Gasteiger partial charge < -0.3 is 9.64 Å². The highest BCUT2D eigenvalue weighted by atomic mass is 32.2. The fraction of sp³-hybridized carbons (Fsp3) is 0.409. The van der Waals surface area contributed by atoms with Crippen LogP contribution in [0.5, 0.6) is 5.75 Å². The van der Waals surface area contributed by atoms with E-state index >= 15 is 0 Å². The molecule has 0 radical (unpaired) electrons. The summed E-state index contributed by atoms with van der Waals surface area (Å²) >= 11 is 1.76. The molecule has 4 rings (SSSR count). The lowest BCUT2D eigenvalue weighted by Crippen LogP contribution is -2.33. The quantitative estimate of drug-likeness (QED) is 0.710. The Morgan fingerprint density at radius 3 is 2.57 bits per heavy atom. The Hall–Kier alpha value is -2.03. The zero-order chi connectivity index (χ0) is 21.3. The summed E-state index contributed by atoms with van der Waals surface area (Å²) in [6.45, 7) is 3.74. The van der Waals surface area contributed by atoms with Gasteiger partial charge in [-0.05, 0) is 49.6 Å². The van der Waals surface area contributed by atoms with Crippen LogP contribution >= 0.6 is 11.8 Å². The molecule has 2 aromatic rings. The van der Waals surface area contributed by atoms with Crippen molar-refractivity contribution in [3.05, 3.63) is 48.0 Å². The Kier molecular flexibility index (Phi) is 6.09. The maximum absolute atomic E-state index is 13.5. The Balaban J connectivity index is 1.73. The van der Waals surface area contributed by atoms with Crippen LogP contribution in [0, 0.1) is 0 Å². The number of rotatable bonds is 4. The van der Waals surface area contributed by atoms with E-state index in [0.717, 1.165) is 29.8 Å². The molecule has 160 valence electrons. The van der Waals surface area contributed by atoms with E-state index in [4.69, 9.17) is 4.74 Å². The number of amides is 1. The first-order valence-corrected chi connectivity index (χ1v) is 12.5. The van der Waals surface area contributed by atoms with E-state index in [9.17, 15) is 13.2 Å². The smallest absolute Gasteiger partial charge is 0.258 e. The van der Waals surface area contributed by atoms with Crippen molar-refractivity contribution < 1.29 is 17.9 Å². The largest absolute Gasteiger partial charge is 0.495 e. The minimum absolute atomic E-state index is 0.0589. The molecule has 6 nitrogen and oxygen atoms in total. The van der Waals surface area contributed by atoms with Crippen LogP contribution in [-0.4, -0.2) is 50.6 Å². The third-order valence-electron chi connectivity index (χ3n) is 5.58. The molecule has 2 heterocycles. The van der Waals surface area contributed by atoms with Crippen molar-refractivity contribution in [1.29, 1.82) is 0 Å². The molecule has 2 aliphatic heterocycles. The molecule has 1 atom stereocenters.